The van der Waals surface area contributed by atoms with Gasteiger partial charge in [-0.05, 0) is 39.2 Å². The SMILES string of the molecule is C[C@H]1CCCCN1C(=O)[C@@]1(C)CC(c2ccccc2Cl)=NO1. The summed E-state index contributed by atoms with van der Waals surface area (Å²) in [5.41, 5.74) is 0.665. The summed E-state index contributed by atoms with van der Waals surface area (Å²) in [7, 11) is 0. The molecule has 0 unspecified atom stereocenters. The molecule has 1 amide bonds. The van der Waals surface area contributed by atoms with E-state index in [4.69, 9.17) is 16.4 Å². The Balaban J connectivity index is 1.77. The number of carbonyl (C=O) groups excluding carboxylic acids is 1. The third kappa shape index (κ3) is 2.72. The fraction of sp³-hybridized carbons (Fsp3) is 0.529. The van der Waals surface area contributed by atoms with E-state index < -0.39 is 5.60 Å². The van der Waals surface area contributed by atoms with Crippen LogP contribution in [0.2, 0.25) is 5.02 Å². The molecule has 5 heteroatoms. The lowest BCUT2D eigenvalue weighted by atomic mass is 9.92. The Bertz CT molecular complexity index is 616. The van der Waals surface area contributed by atoms with Crippen LogP contribution in [0.5, 0.6) is 0 Å². The predicted molar refractivity (Wildman–Crippen MR) is 87.1 cm³/mol. The molecule has 1 aromatic rings. The lowest BCUT2D eigenvalue weighted by molar-refractivity contribution is -0.156. The molecule has 2 atom stereocenters. The van der Waals surface area contributed by atoms with Crippen LogP contribution in [0.1, 0.15) is 45.1 Å². The Labute approximate surface area is 136 Å². The van der Waals surface area contributed by atoms with Gasteiger partial charge in [-0.3, -0.25) is 4.79 Å². The Kier molecular flexibility index (Phi) is 4.13. The quantitative estimate of drug-likeness (QED) is 0.835. The van der Waals surface area contributed by atoms with E-state index in [2.05, 4.69) is 12.1 Å². The predicted octanol–water partition coefficient (Wildman–Crippen LogP) is 3.62. The van der Waals surface area contributed by atoms with Crippen LogP contribution in [0.15, 0.2) is 29.4 Å². The minimum absolute atomic E-state index is 0.0329. The normalized spacial score (nSPS) is 28.2. The lowest BCUT2D eigenvalue weighted by Gasteiger charge is -2.37. The molecule has 3 rings (SSSR count). The molecule has 2 heterocycles. The van der Waals surface area contributed by atoms with Crippen molar-refractivity contribution >= 4 is 23.2 Å². The number of hydrogen-bond donors (Lipinski definition) is 0. The molecule has 0 bridgehead atoms. The molecular formula is C17H21ClN2O2. The first-order valence-corrected chi connectivity index (χ1v) is 8.20. The number of amides is 1. The zero-order chi connectivity index (χ0) is 15.7. The number of likely N-dealkylation sites (tertiary alicyclic amines) is 1. The number of nitrogens with zero attached hydrogens (tertiary/aromatic N) is 2. The second-order valence-corrected chi connectivity index (χ2v) is 6.77. The maximum Gasteiger partial charge on any atom is 0.269 e. The van der Waals surface area contributed by atoms with Crippen LogP contribution in [-0.2, 0) is 9.63 Å². The third-order valence-electron chi connectivity index (χ3n) is 4.56. The van der Waals surface area contributed by atoms with E-state index in [1.165, 1.54) is 6.42 Å². The van der Waals surface area contributed by atoms with Crippen molar-refractivity contribution in [2.45, 2.75) is 51.2 Å². The molecule has 2 aliphatic rings. The number of oxime groups is 1. The minimum Gasteiger partial charge on any atom is -0.379 e. The molecule has 118 valence electrons. The summed E-state index contributed by atoms with van der Waals surface area (Å²) in [5, 5.41) is 4.78. The van der Waals surface area contributed by atoms with Gasteiger partial charge in [-0.1, -0.05) is 35.0 Å². The van der Waals surface area contributed by atoms with Gasteiger partial charge < -0.3 is 9.74 Å². The van der Waals surface area contributed by atoms with Gasteiger partial charge in [0.25, 0.3) is 5.91 Å². The van der Waals surface area contributed by atoms with Crippen molar-refractivity contribution in [3.63, 3.8) is 0 Å². The van der Waals surface area contributed by atoms with Gasteiger partial charge >= 0.3 is 0 Å². The summed E-state index contributed by atoms with van der Waals surface area (Å²) in [6.07, 6.45) is 3.76. The molecule has 2 aliphatic heterocycles. The second-order valence-electron chi connectivity index (χ2n) is 6.36. The minimum atomic E-state index is -0.917. The molecule has 0 spiro atoms. The van der Waals surface area contributed by atoms with E-state index in [0.717, 1.165) is 30.7 Å². The Hall–Kier alpha value is -1.55. The average molecular weight is 321 g/mol. The number of piperidine rings is 1. The summed E-state index contributed by atoms with van der Waals surface area (Å²) in [6.45, 7) is 4.73. The first kappa shape index (κ1) is 15.3. The maximum atomic E-state index is 12.9. The Morgan fingerprint density at radius 1 is 1.41 bits per heavy atom. The summed E-state index contributed by atoms with van der Waals surface area (Å²) in [4.78, 5) is 20.4. The second kappa shape index (κ2) is 5.92. The van der Waals surface area contributed by atoms with Gasteiger partial charge in [0.15, 0.2) is 0 Å². The fourth-order valence-electron chi connectivity index (χ4n) is 3.20. The first-order valence-electron chi connectivity index (χ1n) is 7.82. The topological polar surface area (TPSA) is 41.9 Å². The number of hydrogen-bond acceptors (Lipinski definition) is 3. The van der Waals surface area contributed by atoms with Gasteiger partial charge in [0.05, 0.1) is 5.71 Å². The molecule has 0 saturated carbocycles. The number of rotatable bonds is 2. The monoisotopic (exact) mass is 320 g/mol. The van der Waals surface area contributed by atoms with E-state index in [-0.39, 0.29) is 11.9 Å². The van der Waals surface area contributed by atoms with E-state index in [9.17, 15) is 4.79 Å². The van der Waals surface area contributed by atoms with Crippen LogP contribution in [0.25, 0.3) is 0 Å². The third-order valence-corrected chi connectivity index (χ3v) is 4.89. The highest BCUT2D eigenvalue weighted by atomic mass is 35.5. The van der Waals surface area contributed by atoms with Crippen molar-refractivity contribution in [1.82, 2.24) is 4.90 Å². The molecule has 0 aliphatic carbocycles. The van der Waals surface area contributed by atoms with Crippen LogP contribution in [-0.4, -0.2) is 34.7 Å². The van der Waals surface area contributed by atoms with Crippen LogP contribution >= 0.6 is 11.6 Å². The van der Waals surface area contributed by atoms with E-state index in [0.29, 0.717) is 11.4 Å². The molecule has 1 fully saturated rings. The highest BCUT2D eigenvalue weighted by Crippen LogP contribution is 2.32. The molecular weight excluding hydrogens is 300 g/mol. The van der Waals surface area contributed by atoms with Crippen LogP contribution < -0.4 is 0 Å². The lowest BCUT2D eigenvalue weighted by Crippen LogP contribution is -2.52. The molecule has 0 aromatic heterocycles. The molecule has 1 aromatic carbocycles. The Morgan fingerprint density at radius 2 is 2.18 bits per heavy atom. The first-order chi connectivity index (χ1) is 10.5. The molecule has 4 nitrogen and oxygen atoms in total. The van der Waals surface area contributed by atoms with Crippen molar-refractivity contribution in [3.05, 3.63) is 34.9 Å². The zero-order valence-electron chi connectivity index (χ0n) is 13.0. The molecule has 1 saturated heterocycles. The van der Waals surface area contributed by atoms with Crippen LogP contribution in [0, 0.1) is 0 Å². The van der Waals surface area contributed by atoms with Crippen molar-refractivity contribution in [3.8, 4) is 0 Å². The van der Waals surface area contributed by atoms with Crippen molar-refractivity contribution in [2.75, 3.05) is 6.54 Å². The maximum absolute atomic E-state index is 12.9. The summed E-state index contributed by atoms with van der Waals surface area (Å²) >= 11 is 6.22. The summed E-state index contributed by atoms with van der Waals surface area (Å²) in [6, 6.07) is 7.79. The van der Waals surface area contributed by atoms with Gasteiger partial charge in [0.1, 0.15) is 0 Å². The van der Waals surface area contributed by atoms with Gasteiger partial charge in [0, 0.05) is 29.6 Å². The molecule has 0 N–H and O–H groups in total. The number of halogens is 1. The largest absolute Gasteiger partial charge is 0.379 e. The van der Waals surface area contributed by atoms with Crippen LogP contribution in [0.3, 0.4) is 0 Å². The van der Waals surface area contributed by atoms with Gasteiger partial charge in [0.2, 0.25) is 5.60 Å². The highest BCUT2D eigenvalue weighted by Gasteiger charge is 2.46. The van der Waals surface area contributed by atoms with Gasteiger partial charge in [-0.2, -0.15) is 0 Å². The van der Waals surface area contributed by atoms with Crippen LogP contribution in [0.4, 0.5) is 0 Å². The highest BCUT2D eigenvalue weighted by molar-refractivity contribution is 6.34. The number of carbonyl (C=O) groups is 1. The average Bonchev–Trinajstić information content (AvgIpc) is 2.91. The zero-order valence-corrected chi connectivity index (χ0v) is 13.8. The van der Waals surface area contributed by atoms with Crippen molar-refractivity contribution in [2.24, 2.45) is 5.16 Å². The summed E-state index contributed by atoms with van der Waals surface area (Å²) in [5.74, 6) is 0.0329. The fourth-order valence-corrected chi connectivity index (χ4v) is 3.44. The molecule has 22 heavy (non-hydrogen) atoms. The van der Waals surface area contributed by atoms with Gasteiger partial charge in [-0.15, -0.1) is 0 Å². The molecule has 0 radical (unpaired) electrons. The standard InChI is InChI=1S/C17H21ClN2O2/c1-12-7-5-6-10-20(12)16(21)17(2)11-15(19-22-17)13-8-3-4-9-14(13)18/h3-4,8-9,12H,5-7,10-11H2,1-2H3/t12-,17+/m0/s1. The van der Waals surface area contributed by atoms with E-state index in [1.807, 2.05) is 36.1 Å². The number of benzene rings is 1. The van der Waals surface area contributed by atoms with Crippen molar-refractivity contribution < 1.29 is 9.63 Å². The van der Waals surface area contributed by atoms with E-state index >= 15 is 0 Å². The van der Waals surface area contributed by atoms with E-state index in [1.54, 1.807) is 0 Å². The Morgan fingerprint density at radius 3 is 2.91 bits per heavy atom. The summed E-state index contributed by atoms with van der Waals surface area (Å²) < 4.78 is 0. The van der Waals surface area contributed by atoms with Crippen molar-refractivity contribution in [1.29, 1.82) is 0 Å². The smallest absolute Gasteiger partial charge is 0.269 e. The van der Waals surface area contributed by atoms with Gasteiger partial charge in [-0.25, -0.2) is 0 Å².